The second-order valence-corrected chi connectivity index (χ2v) is 5.06. The predicted octanol–water partition coefficient (Wildman–Crippen LogP) is 4.20. The highest BCUT2D eigenvalue weighted by molar-refractivity contribution is 6.35. The molecule has 4 heteroatoms. The molecule has 2 atom stereocenters. The summed E-state index contributed by atoms with van der Waals surface area (Å²) < 4.78 is 11.5. The van der Waals surface area contributed by atoms with Crippen LogP contribution in [0.2, 0.25) is 10.0 Å². The molecule has 2 unspecified atom stereocenters. The second-order valence-electron chi connectivity index (χ2n) is 4.22. The van der Waals surface area contributed by atoms with E-state index in [2.05, 4.69) is 13.8 Å². The second kappa shape index (κ2) is 5.15. The molecule has 1 aromatic rings. The number of ether oxygens (including phenoxy) is 2. The van der Waals surface area contributed by atoms with E-state index < -0.39 is 5.79 Å². The Morgan fingerprint density at radius 1 is 1.47 bits per heavy atom. The van der Waals surface area contributed by atoms with Gasteiger partial charge in [0.05, 0.1) is 17.7 Å². The zero-order valence-corrected chi connectivity index (χ0v) is 11.2. The molecular formula is C13H15Cl2O2. The van der Waals surface area contributed by atoms with Gasteiger partial charge in [-0.3, -0.25) is 0 Å². The lowest BCUT2D eigenvalue weighted by molar-refractivity contribution is -0.139. The monoisotopic (exact) mass is 273 g/mol. The van der Waals surface area contributed by atoms with E-state index in [1.165, 1.54) is 0 Å². The van der Waals surface area contributed by atoms with Crippen molar-refractivity contribution < 1.29 is 9.47 Å². The molecule has 1 heterocycles. The molecule has 0 N–H and O–H groups in total. The van der Waals surface area contributed by atoms with E-state index in [1.54, 1.807) is 18.2 Å². The SMILES string of the molecule is [CH2]C1(c2ccc(Cl)cc2Cl)OCC(CCC)O1. The van der Waals surface area contributed by atoms with E-state index in [-0.39, 0.29) is 6.10 Å². The van der Waals surface area contributed by atoms with Gasteiger partial charge in [-0.15, -0.1) is 0 Å². The van der Waals surface area contributed by atoms with Crippen molar-refractivity contribution in [3.05, 3.63) is 40.7 Å². The smallest absolute Gasteiger partial charge is 0.196 e. The van der Waals surface area contributed by atoms with Crippen molar-refractivity contribution in [3.63, 3.8) is 0 Å². The Hall–Kier alpha value is -0.280. The third-order valence-electron chi connectivity index (χ3n) is 2.81. The molecule has 0 saturated carbocycles. The first-order valence-electron chi connectivity index (χ1n) is 5.68. The van der Waals surface area contributed by atoms with Crippen molar-refractivity contribution in [1.29, 1.82) is 0 Å². The van der Waals surface area contributed by atoms with Crippen LogP contribution in [0.15, 0.2) is 18.2 Å². The summed E-state index contributed by atoms with van der Waals surface area (Å²) in [5.74, 6) is -0.999. The number of hydrogen-bond acceptors (Lipinski definition) is 2. The van der Waals surface area contributed by atoms with E-state index in [0.717, 1.165) is 18.4 Å². The molecule has 1 radical (unpaired) electrons. The van der Waals surface area contributed by atoms with Gasteiger partial charge in [0.1, 0.15) is 0 Å². The Morgan fingerprint density at radius 3 is 2.88 bits per heavy atom. The minimum Gasteiger partial charge on any atom is -0.343 e. The van der Waals surface area contributed by atoms with E-state index in [4.69, 9.17) is 32.7 Å². The molecule has 93 valence electrons. The molecule has 1 aliphatic heterocycles. The summed E-state index contributed by atoms with van der Waals surface area (Å²) in [6.45, 7) is 6.65. The summed E-state index contributed by atoms with van der Waals surface area (Å²) >= 11 is 12.0. The first-order chi connectivity index (χ1) is 8.05. The molecule has 1 aromatic carbocycles. The molecule has 0 amide bonds. The lowest BCUT2D eigenvalue weighted by atomic mass is 10.1. The Labute approximate surface area is 112 Å². The van der Waals surface area contributed by atoms with E-state index >= 15 is 0 Å². The third kappa shape index (κ3) is 2.76. The van der Waals surface area contributed by atoms with Crippen LogP contribution in [0, 0.1) is 6.92 Å². The molecular weight excluding hydrogens is 259 g/mol. The van der Waals surface area contributed by atoms with Gasteiger partial charge in [0.15, 0.2) is 5.79 Å². The van der Waals surface area contributed by atoms with E-state index in [1.807, 2.05) is 0 Å². The van der Waals surface area contributed by atoms with Crippen molar-refractivity contribution in [2.45, 2.75) is 31.7 Å². The summed E-state index contributed by atoms with van der Waals surface area (Å²) in [5.41, 5.74) is 0.724. The maximum Gasteiger partial charge on any atom is 0.196 e. The summed E-state index contributed by atoms with van der Waals surface area (Å²) in [4.78, 5) is 0. The molecule has 2 nitrogen and oxygen atoms in total. The molecule has 0 spiro atoms. The molecule has 0 bridgehead atoms. The van der Waals surface area contributed by atoms with E-state index in [9.17, 15) is 0 Å². The number of benzene rings is 1. The lowest BCUT2D eigenvalue weighted by Crippen LogP contribution is -2.24. The van der Waals surface area contributed by atoms with Crippen LogP contribution in [-0.2, 0) is 15.3 Å². The van der Waals surface area contributed by atoms with E-state index in [0.29, 0.717) is 16.7 Å². The molecule has 1 aliphatic rings. The fraction of sp³-hybridized carbons (Fsp3) is 0.462. The number of rotatable bonds is 3. The molecule has 17 heavy (non-hydrogen) atoms. The van der Waals surface area contributed by atoms with Gasteiger partial charge in [0.2, 0.25) is 0 Å². The van der Waals surface area contributed by atoms with Crippen molar-refractivity contribution in [3.8, 4) is 0 Å². The summed E-state index contributed by atoms with van der Waals surface area (Å²) in [6.07, 6.45) is 2.10. The Balaban J connectivity index is 2.21. The van der Waals surface area contributed by atoms with Gasteiger partial charge in [-0.05, 0) is 18.6 Å². The fourth-order valence-electron chi connectivity index (χ4n) is 1.97. The van der Waals surface area contributed by atoms with Crippen LogP contribution in [-0.4, -0.2) is 12.7 Å². The van der Waals surface area contributed by atoms with Gasteiger partial charge in [0.25, 0.3) is 0 Å². The van der Waals surface area contributed by atoms with Crippen molar-refractivity contribution in [1.82, 2.24) is 0 Å². The zero-order valence-electron chi connectivity index (χ0n) is 9.71. The van der Waals surface area contributed by atoms with Crippen LogP contribution in [0.1, 0.15) is 25.3 Å². The minimum absolute atomic E-state index is 0.0873. The van der Waals surface area contributed by atoms with Crippen LogP contribution in [0.4, 0.5) is 0 Å². The third-order valence-corrected chi connectivity index (χ3v) is 3.36. The van der Waals surface area contributed by atoms with Crippen molar-refractivity contribution in [2.75, 3.05) is 6.61 Å². The van der Waals surface area contributed by atoms with Crippen LogP contribution in [0.25, 0.3) is 0 Å². The maximum absolute atomic E-state index is 6.14. The highest BCUT2D eigenvalue weighted by atomic mass is 35.5. The Kier molecular flexibility index (Phi) is 3.99. The average Bonchev–Trinajstić information content (AvgIpc) is 2.61. The van der Waals surface area contributed by atoms with Gasteiger partial charge < -0.3 is 9.47 Å². The predicted molar refractivity (Wildman–Crippen MR) is 69.2 cm³/mol. The summed E-state index contributed by atoms with van der Waals surface area (Å²) in [6, 6.07) is 5.23. The van der Waals surface area contributed by atoms with Gasteiger partial charge in [0, 0.05) is 17.5 Å². The molecule has 1 saturated heterocycles. The zero-order chi connectivity index (χ0) is 12.5. The molecule has 1 fully saturated rings. The minimum atomic E-state index is -0.999. The van der Waals surface area contributed by atoms with Gasteiger partial charge in [-0.25, -0.2) is 0 Å². The summed E-state index contributed by atoms with van der Waals surface area (Å²) in [7, 11) is 0. The molecule has 0 aliphatic carbocycles. The Morgan fingerprint density at radius 2 is 2.24 bits per heavy atom. The topological polar surface area (TPSA) is 18.5 Å². The largest absolute Gasteiger partial charge is 0.343 e. The summed E-state index contributed by atoms with van der Waals surface area (Å²) in [5, 5.41) is 1.11. The molecule has 2 rings (SSSR count). The average molecular weight is 274 g/mol. The fourth-order valence-corrected chi connectivity index (χ4v) is 2.52. The number of hydrogen-bond donors (Lipinski definition) is 0. The standard InChI is InChI=1S/C13H15Cl2O2/c1-3-4-10-8-16-13(2,17-10)11-6-5-9(14)7-12(11)15/h5-7,10H,2-4,8H2,1H3. The van der Waals surface area contributed by atoms with Crippen LogP contribution in [0.5, 0.6) is 0 Å². The van der Waals surface area contributed by atoms with Crippen LogP contribution in [0.3, 0.4) is 0 Å². The molecule has 0 aromatic heterocycles. The first-order valence-corrected chi connectivity index (χ1v) is 6.43. The van der Waals surface area contributed by atoms with Crippen LogP contribution >= 0.6 is 23.2 Å². The first kappa shape index (κ1) is 13.2. The van der Waals surface area contributed by atoms with Crippen molar-refractivity contribution >= 4 is 23.2 Å². The maximum atomic E-state index is 6.14. The van der Waals surface area contributed by atoms with Gasteiger partial charge >= 0.3 is 0 Å². The highest BCUT2D eigenvalue weighted by Gasteiger charge is 2.39. The lowest BCUT2D eigenvalue weighted by Gasteiger charge is -2.24. The van der Waals surface area contributed by atoms with Gasteiger partial charge in [-0.2, -0.15) is 0 Å². The van der Waals surface area contributed by atoms with Crippen LogP contribution < -0.4 is 0 Å². The van der Waals surface area contributed by atoms with Crippen molar-refractivity contribution in [2.24, 2.45) is 0 Å². The number of halogens is 2. The normalized spacial score (nSPS) is 28.6. The Bertz CT molecular complexity index is 408. The quantitative estimate of drug-likeness (QED) is 0.822. The highest BCUT2D eigenvalue weighted by Crippen LogP contribution is 2.39. The van der Waals surface area contributed by atoms with Gasteiger partial charge in [-0.1, -0.05) is 42.6 Å².